The number of aromatic nitrogens is 2. The predicted molar refractivity (Wildman–Crippen MR) is 139 cm³/mol. The van der Waals surface area contributed by atoms with E-state index in [1.54, 1.807) is 36.4 Å². The summed E-state index contributed by atoms with van der Waals surface area (Å²) in [6.45, 7) is 3.75. The fourth-order valence-corrected chi connectivity index (χ4v) is 5.28. The number of amides is 2. The third-order valence-electron chi connectivity index (χ3n) is 5.23. The number of nitrogens with one attached hydrogen (secondary N) is 3. The van der Waals surface area contributed by atoms with Crippen LogP contribution in [0.25, 0.3) is 0 Å². The Balaban J connectivity index is 1.48. The van der Waals surface area contributed by atoms with Crippen LogP contribution in [0.5, 0.6) is 0 Å². The van der Waals surface area contributed by atoms with E-state index in [4.69, 9.17) is 0 Å². The van der Waals surface area contributed by atoms with Crippen molar-refractivity contribution >= 4 is 44.0 Å². The number of benzene rings is 3. The van der Waals surface area contributed by atoms with Gasteiger partial charge in [-0.15, -0.1) is 10.2 Å². The summed E-state index contributed by atoms with van der Waals surface area (Å²) in [5, 5.41) is 12.9. The van der Waals surface area contributed by atoms with E-state index in [2.05, 4.69) is 25.6 Å². The Hall–Kier alpha value is -4.09. The van der Waals surface area contributed by atoms with E-state index in [1.807, 2.05) is 44.2 Å². The minimum absolute atomic E-state index is 0.0312. The molecule has 36 heavy (non-hydrogen) atoms. The van der Waals surface area contributed by atoms with Gasteiger partial charge in [0.1, 0.15) is 0 Å². The lowest BCUT2D eigenvalue weighted by atomic mass is 10.1. The smallest absolute Gasteiger partial charge is 0.291 e. The summed E-state index contributed by atoms with van der Waals surface area (Å²) >= 11 is 0.702. The Labute approximate surface area is 212 Å². The number of anilines is 2. The Kier molecular flexibility index (Phi) is 7.41. The highest BCUT2D eigenvalue weighted by atomic mass is 32.2. The summed E-state index contributed by atoms with van der Waals surface area (Å²) < 4.78 is 28.0. The van der Waals surface area contributed by atoms with E-state index < -0.39 is 21.8 Å². The second-order valence-electron chi connectivity index (χ2n) is 7.95. The molecule has 0 spiro atoms. The highest BCUT2D eigenvalue weighted by molar-refractivity contribution is 7.94. The molecule has 1 aromatic heterocycles. The normalized spacial score (nSPS) is 11.9. The number of sulfonamides is 1. The summed E-state index contributed by atoms with van der Waals surface area (Å²) in [6.07, 6.45) is 0. The van der Waals surface area contributed by atoms with E-state index in [9.17, 15) is 18.0 Å². The van der Waals surface area contributed by atoms with Gasteiger partial charge in [0.15, 0.2) is 0 Å². The largest absolute Gasteiger partial charge is 0.345 e. The van der Waals surface area contributed by atoms with Crippen LogP contribution in [-0.4, -0.2) is 30.4 Å². The average molecular weight is 522 g/mol. The van der Waals surface area contributed by atoms with Crippen LogP contribution in [0.4, 0.5) is 10.8 Å². The van der Waals surface area contributed by atoms with Gasteiger partial charge in [0.25, 0.3) is 26.2 Å². The molecule has 1 atom stereocenters. The lowest BCUT2D eigenvalue weighted by molar-refractivity contribution is 0.0940. The number of nitrogens with zero attached hydrogens (tertiary/aromatic N) is 2. The number of hydrogen-bond acceptors (Lipinski definition) is 7. The summed E-state index contributed by atoms with van der Waals surface area (Å²) in [7, 11) is -4.17. The van der Waals surface area contributed by atoms with Crippen molar-refractivity contribution in [2.75, 3.05) is 10.0 Å². The van der Waals surface area contributed by atoms with Crippen molar-refractivity contribution in [2.24, 2.45) is 0 Å². The van der Waals surface area contributed by atoms with Gasteiger partial charge in [0.2, 0.25) is 5.13 Å². The number of para-hydroxylation sites is 1. The first-order chi connectivity index (χ1) is 17.2. The molecule has 0 saturated carbocycles. The topological polar surface area (TPSA) is 130 Å². The van der Waals surface area contributed by atoms with Crippen LogP contribution in [0.15, 0.2) is 83.2 Å². The van der Waals surface area contributed by atoms with Gasteiger partial charge in [0.05, 0.1) is 17.3 Å². The monoisotopic (exact) mass is 521 g/mol. The molecule has 0 aliphatic rings. The summed E-state index contributed by atoms with van der Waals surface area (Å²) in [5.74, 6) is -0.870. The van der Waals surface area contributed by atoms with Crippen molar-refractivity contribution in [1.82, 2.24) is 15.5 Å². The van der Waals surface area contributed by atoms with Gasteiger partial charge < -0.3 is 5.32 Å². The number of hydrogen-bond donors (Lipinski definition) is 3. The van der Waals surface area contributed by atoms with E-state index in [0.717, 1.165) is 11.1 Å². The fourth-order valence-electron chi connectivity index (χ4n) is 3.30. The van der Waals surface area contributed by atoms with E-state index in [-0.39, 0.29) is 26.8 Å². The molecule has 0 radical (unpaired) electrons. The third-order valence-corrected chi connectivity index (χ3v) is 7.81. The van der Waals surface area contributed by atoms with Crippen molar-refractivity contribution in [3.8, 4) is 0 Å². The molecule has 3 aromatic carbocycles. The highest BCUT2D eigenvalue weighted by Gasteiger charge is 2.24. The van der Waals surface area contributed by atoms with Gasteiger partial charge in [0, 0.05) is 5.56 Å². The molecular formula is C25H23N5O4S2. The van der Waals surface area contributed by atoms with E-state index >= 15 is 0 Å². The molecule has 0 aliphatic heterocycles. The first-order valence-corrected chi connectivity index (χ1v) is 13.2. The quantitative estimate of drug-likeness (QED) is 0.295. The van der Waals surface area contributed by atoms with Crippen LogP contribution < -0.4 is 15.4 Å². The van der Waals surface area contributed by atoms with Crippen molar-refractivity contribution in [2.45, 2.75) is 24.2 Å². The molecule has 0 unspecified atom stereocenters. The first-order valence-electron chi connectivity index (χ1n) is 10.9. The zero-order valence-electron chi connectivity index (χ0n) is 19.4. The SMILES string of the molecule is Cc1ccc(C(=O)Nc2nnc(S(=O)(=O)Nc3ccccc3C(=O)N[C@H](C)c3ccccc3)s2)cc1. The molecular weight excluding hydrogens is 498 g/mol. The van der Waals surface area contributed by atoms with Gasteiger partial charge in [-0.25, -0.2) is 0 Å². The lowest BCUT2D eigenvalue weighted by Crippen LogP contribution is -2.28. The summed E-state index contributed by atoms with van der Waals surface area (Å²) in [5.41, 5.74) is 2.57. The minimum atomic E-state index is -4.17. The Morgan fingerprint density at radius 3 is 2.25 bits per heavy atom. The Bertz CT molecular complexity index is 1490. The standard InChI is InChI=1S/C25H23N5O4S2/c1-16-12-14-19(15-13-16)22(31)27-24-28-29-25(35-24)36(33,34)30-21-11-7-6-10-20(21)23(32)26-17(2)18-8-4-3-5-9-18/h3-15,17,30H,1-2H3,(H,26,32)(H,27,28,31)/t17-/m1/s1. The zero-order chi connectivity index (χ0) is 25.7. The molecule has 0 saturated heterocycles. The van der Waals surface area contributed by atoms with Crippen molar-refractivity contribution in [1.29, 1.82) is 0 Å². The molecule has 4 rings (SSSR count). The molecule has 11 heteroatoms. The molecule has 9 nitrogen and oxygen atoms in total. The number of aryl methyl sites for hydroxylation is 1. The average Bonchev–Trinajstić information content (AvgIpc) is 3.34. The maximum absolute atomic E-state index is 13.0. The molecule has 0 aliphatic carbocycles. The minimum Gasteiger partial charge on any atom is -0.345 e. The molecule has 0 bridgehead atoms. The number of carbonyl (C=O) groups is 2. The van der Waals surface area contributed by atoms with Crippen molar-refractivity contribution in [3.63, 3.8) is 0 Å². The lowest BCUT2D eigenvalue weighted by Gasteiger charge is -2.16. The number of rotatable bonds is 8. The maximum Gasteiger partial charge on any atom is 0.291 e. The van der Waals surface area contributed by atoms with Crippen LogP contribution in [-0.2, 0) is 10.0 Å². The van der Waals surface area contributed by atoms with E-state index in [0.29, 0.717) is 16.9 Å². The maximum atomic E-state index is 13.0. The summed E-state index contributed by atoms with van der Waals surface area (Å²) in [6, 6.07) is 22.3. The van der Waals surface area contributed by atoms with Crippen LogP contribution >= 0.6 is 11.3 Å². The van der Waals surface area contributed by atoms with Crippen LogP contribution in [0.3, 0.4) is 0 Å². The van der Waals surface area contributed by atoms with Gasteiger partial charge >= 0.3 is 0 Å². The van der Waals surface area contributed by atoms with E-state index in [1.165, 1.54) is 12.1 Å². The fraction of sp³-hybridized carbons (Fsp3) is 0.120. The third kappa shape index (κ3) is 5.93. The highest BCUT2D eigenvalue weighted by Crippen LogP contribution is 2.25. The molecule has 4 aromatic rings. The Morgan fingerprint density at radius 1 is 0.861 bits per heavy atom. The number of carbonyl (C=O) groups excluding carboxylic acids is 2. The second kappa shape index (κ2) is 10.7. The van der Waals surface area contributed by atoms with Gasteiger partial charge in [-0.1, -0.05) is 71.5 Å². The van der Waals surface area contributed by atoms with Crippen LogP contribution in [0.2, 0.25) is 0 Å². The van der Waals surface area contributed by atoms with Gasteiger partial charge in [-0.3, -0.25) is 19.6 Å². The molecule has 1 heterocycles. The summed E-state index contributed by atoms with van der Waals surface area (Å²) in [4.78, 5) is 25.3. The van der Waals surface area contributed by atoms with Crippen LogP contribution in [0.1, 0.15) is 44.8 Å². The molecule has 0 fully saturated rings. The first kappa shape index (κ1) is 25.0. The van der Waals surface area contributed by atoms with Gasteiger partial charge in [-0.2, -0.15) is 8.42 Å². The van der Waals surface area contributed by atoms with Crippen molar-refractivity contribution < 1.29 is 18.0 Å². The zero-order valence-corrected chi connectivity index (χ0v) is 21.1. The van der Waals surface area contributed by atoms with Gasteiger partial charge in [-0.05, 0) is 43.7 Å². The molecule has 184 valence electrons. The van der Waals surface area contributed by atoms with Crippen LogP contribution in [0, 0.1) is 6.92 Å². The molecule has 3 N–H and O–H groups in total. The van der Waals surface area contributed by atoms with Crippen molar-refractivity contribution in [3.05, 3.63) is 101 Å². The second-order valence-corrected chi connectivity index (χ2v) is 10.8. The molecule has 2 amide bonds. The Morgan fingerprint density at radius 2 is 1.53 bits per heavy atom. The predicted octanol–water partition coefficient (Wildman–Crippen LogP) is 4.39.